The van der Waals surface area contributed by atoms with Gasteiger partial charge in [0.25, 0.3) is 5.91 Å². The number of hydrogen-bond acceptors (Lipinski definition) is 4. The fraction of sp³-hybridized carbons (Fsp3) is 0.368. The van der Waals surface area contributed by atoms with Gasteiger partial charge >= 0.3 is 0 Å². The molecule has 6 nitrogen and oxygen atoms in total. The van der Waals surface area contributed by atoms with Crippen molar-refractivity contribution >= 4 is 15.9 Å². The number of pyridine rings is 1. The molecule has 0 saturated carbocycles. The van der Waals surface area contributed by atoms with Crippen molar-refractivity contribution in [3.8, 4) is 0 Å². The first-order chi connectivity index (χ1) is 12.5. The highest BCUT2D eigenvalue weighted by molar-refractivity contribution is 7.89. The fourth-order valence-electron chi connectivity index (χ4n) is 3.06. The quantitative estimate of drug-likeness (QED) is 0.872. The summed E-state index contributed by atoms with van der Waals surface area (Å²) in [5.41, 5.74) is 1.66. The highest BCUT2D eigenvalue weighted by Crippen LogP contribution is 2.17. The van der Waals surface area contributed by atoms with Crippen molar-refractivity contribution in [3.05, 3.63) is 59.9 Å². The number of hydrogen-bond donors (Lipinski definition) is 1. The van der Waals surface area contributed by atoms with Crippen molar-refractivity contribution in [1.29, 1.82) is 0 Å². The Morgan fingerprint density at radius 3 is 2.46 bits per heavy atom. The Hall–Kier alpha value is -2.25. The molecule has 2 aromatic rings. The van der Waals surface area contributed by atoms with Gasteiger partial charge in [0.1, 0.15) is 0 Å². The SMILES string of the molecule is CCc1ccc(S(=O)(=O)NC2CCN(C(=O)c3cccnc3)CC2)cc1. The molecule has 0 spiro atoms. The Bertz CT molecular complexity index is 843. The Kier molecular flexibility index (Phi) is 5.68. The number of carbonyl (C=O) groups is 1. The Morgan fingerprint density at radius 1 is 1.19 bits per heavy atom. The van der Waals surface area contributed by atoms with Crippen molar-refractivity contribution in [2.24, 2.45) is 0 Å². The lowest BCUT2D eigenvalue weighted by atomic mass is 10.1. The van der Waals surface area contributed by atoms with E-state index in [0.717, 1.165) is 12.0 Å². The van der Waals surface area contributed by atoms with Crippen LogP contribution in [-0.2, 0) is 16.4 Å². The molecule has 1 aliphatic rings. The molecule has 138 valence electrons. The molecule has 26 heavy (non-hydrogen) atoms. The zero-order chi connectivity index (χ0) is 18.6. The lowest BCUT2D eigenvalue weighted by Gasteiger charge is -2.32. The van der Waals surface area contributed by atoms with Crippen LogP contribution in [0.3, 0.4) is 0 Å². The molecule has 1 aromatic carbocycles. The molecule has 1 fully saturated rings. The van der Waals surface area contributed by atoms with E-state index in [9.17, 15) is 13.2 Å². The first-order valence-electron chi connectivity index (χ1n) is 8.80. The number of nitrogens with one attached hydrogen (secondary N) is 1. The maximum atomic E-state index is 12.5. The van der Waals surface area contributed by atoms with Crippen LogP contribution in [0.4, 0.5) is 0 Å². The van der Waals surface area contributed by atoms with Crippen molar-refractivity contribution in [3.63, 3.8) is 0 Å². The molecule has 0 bridgehead atoms. The molecule has 0 radical (unpaired) electrons. The Balaban J connectivity index is 1.58. The summed E-state index contributed by atoms with van der Waals surface area (Å²) in [4.78, 5) is 18.4. The van der Waals surface area contributed by atoms with E-state index < -0.39 is 10.0 Å². The summed E-state index contributed by atoms with van der Waals surface area (Å²) in [7, 11) is -3.54. The number of aromatic nitrogens is 1. The highest BCUT2D eigenvalue weighted by atomic mass is 32.2. The van der Waals surface area contributed by atoms with E-state index in [0.29, 0.717) is 31.5 Å². The Morgan fingerprint density at radius 2 is 1.88 bits per heavy atom. The number of sulfonamides is 1. The monoisotopic (exact) mass is 373 g/mol. The van der Waals surface area contributed by atoms with Crippen molar-refractivity contribution < 1.29 is 13.2 Å². The molecule has 3 rings (SSSR count). The number of aryl methyl sites for hydroxylation is 1. The zero-order valence-corrected chi connectivity index (χ0v) is 15.6. The molecule has 2 heterocycles. The largest absolute Gasteiger partial charge is 0.338 e. The first kappa shape index (κ1) is 18.5. The van der Waals surface area contributed by atoms with Gasteiger partial charge in [-0.15, -0.1) is 0 Å². The van der Waals surface area contributed by atoms with Crippen LogP contribution < -0.4 is 4.72 Å². The van der Waals surface area contributed by atoms with Crippen molar-refractivity contribution in [2.75, 3.05) is 13.1 Å². The van der Waals surface area contributed by atoms with Crippen LogP contribution in [0.15, 0.2) is 53.7 Å². The minimum Gasteiger partial charge on any atom is -0.338 e. The van der Waals surface area contributed by atoms with E-state index in [-0.39, 0.29) is 16.8 Å². The molecular weight excluding hydrogens is 350 g/mol. The van der Waals surface area contributed by atoms with Crippen LogP contribution in [0, 0.1) is 0 Å². The third kappa shape index (κ3) is 4.28. The predicted molar refractivity (Wildman–Crippen MR) is 99.3 cm³/mol. The molecule has 1 N–H and O–H groups in total. The summed E-state index contributed by atoms with van der Waals surface area (Å²) in [6, 6.07) is 10.3. The molecular formula is C19H23N3O3S. The van der Waals surface area contributed by atoms with Crippen LogP contribution in [0.2, 0.25) is 0 Å². The van der Waals surface area contributed by atoms with Crippen LogP contribution in [0.5, 0.6) is 0 Å². The molecule has 1 amide bonds. The van der Waals surface area contributed by atoms with Crippen LogP contribution >= 0.6 is 0 Å². The molecule has 0 unspecified atom stereocenters. The van der Waals surface area contributed by atoms with E-state index in [1.54, 1.807) is 41.6 Å². The minimum absolute atomic E-state index is 0.0606. The summed E-state index contributed by atoms with van der Waals surface area (Å²) in [5, 5.41) is 0. The van der Waals surface area contributed by atoms with Gasteiger partial charge in [0.05, 0.1) is 10.5 Å². The summed E-state index contributed by atoms with van der Waals surface area (Å²) < 4.78 is 27.8. The summed E-state index contributed by atoms with van der Waals surface area (Å²) in [5.74, 6) is -0.0606. The van der Waals surface area contributed by atoms with Gasteiger partial charge in [-0.25, -0.2) is 13.1 Å². The number of carbonyl (C=O) groups excluding carboxylic acids is 1. The third-order valence-electron chi connectivity index (χ3n) is 4.65. The average Bonchev–Trinajstić information content (AvgIpc) is 2.68. The van der Waals surface area contributed by atoms with Crippen molar-refractivity contribution in [2.45, 2.75) is 37.1 Å². The second-order valence-corrected chi connectivity index (χ2v) is 8.14. The first-order valence-corrected chi connectivity index (χ1v) is 10.3. The lowest BCUT2D eigenvalue weighted by Crippen LogP contribution is -2.46. The zero-order valence-electron chi connectivity index (χ0n) is 14.8. The number of likely N-dealkylation sites (tertiary alicyclic amines) is 1. The maximum absolute atomic E-state index is 12.5. The van der Waals surface area contributed by atoms with Gasteiger partial charge in [-0.2, -0.15) is 0 Å². The van der Waals surface area contributed by atoms with Gasteiger partial charge in [-0.05, 0) is 49.1 Å². The van der Waals surface area contributed by atoms with Crippen LogP contribution in [-0.4, -0.2) is 43.3 Å². The minimum atomic E-state index is -3.54. The highest BCUT2D eigenvalue weighted by Gasteiger charge is 2.27. The molecule has 0 aliphatic carbocycles. The van der Waals surface area contributed by atoms with Crippen molar-refractivity contribution in [1.82, 2.24) is 14.6 Å². The summed E-state index contributed by atoms with van der Waals surface area (Å²) >= 11 is 0. The van der Waals surface area contributed by atoms with E-state index in [2.05, 4.69) is 9.71 Å². The standard InChI is InChI=1S/C19H23N3O3S/c1-2-15-5-7-18(8-6-15)26(24,25)21-17-9-12-22(13-10-17)19(23)16-4-3-11-20-14-16/h3-8,11,14,17,21H,2,9-10,12-13H2,1H3. The Labute approximate surface area is 154 Å². The van der Waals surface area contributed by atoms with Gasteiger partial charge in [-0.1, -0.05) is 19.1 Å². The molecule has 1 saturated heterocycles. The van der Waals surface area contributed by atoms with Gasteiger partial charge in [0, 0.05) is 31.5 Å². The maximum Gasteiger partial charge on any atom is 0.255 e. The molecule has 0 atom stereocenters. The molecule has 1 aliphatic heterocycles. The molecule has 7 heteroatoms. The van der Waals surface area contributed by atoms with E-state index in [4.69, 9.17) is 0 Å². The number of rotatable bonds is 5. The third-order valence-corrected chi connectivity index (χ3v) is 6.19. The topological polar surface area (TPSA) is 79.4 Å². The van der Waals surface area contributed by atoms with E-state index >= 15 is 0 Å². The van der Waals surface area contributed by atoms with Gasteiger partial charge in [0.2, 0.25) is 10.0 Å². The van der Waals surface area contributed by atoms with Gasteiger partial charge in [0.15, 0.2) is 0 Å². The average molecular weight is 373 g/mol. The number of piperidine rings is 1. The second kappa shape index (κ2) is 7.97. The van der Waals surface area contributed by atoms with E-state index in [1.807, 2.05) is 19.1 Å². The van der Waals surface area contributed by atoms with Gasteiger partial charge in [-0.3, -0.25) is 9.78 Å². The fourth-order valence-corrected chi connectivity index (χ4v) is 4.37. The summed E-state index contributed by atoms with van der Waals surface area (Å²) in [6.45, 7) is 3.08. The smallest absolute Gasteiger partial charge is 0.255 e. The lowest BCUT2D eigenvalue weighted by molar-refractivity contribution is 0.0711. The van der Waals surface area contributed by atoms with Gasteiger partial charge < -0.3 is 4.90 Å². The normalized spacial score (nSPS) is 15.8. The second-order valence-electron chi connectivity index (χ2n) is 6.43. The summed E-state index contributed by atoms with van der Waals surface area (Å²) in [6.07, 6.45) is 5.25. The number of amides is 1. The van der Waals surface area contributed by atoms with Crippen LogP contribution in [0.25, 0.3) is 0 Å². The number of nitrogens with zero attached hydrogens (tertiary/aromatic N) is 2. The van der Waals surface area contributed by atoms with E-state index in [1.165, 1.54) is 0 Å². The predicted octanol–water partition coefficient (Wildman–Crippen LogP) is 2.23. The molecule has 1 aromatic heterocycles. The number of benzene rings is 1. The van der Waals surface area contributed by atoms with Crippen LogP contribution in [0.1, 0.15) is 35.7 Å².